The fourth-order valence-corrected chi connectivity index (χ4v) is 4.65. The molecule has 1 aliphatic rings. The number of nitrogens with zero attached hydrogens (tertiary/aromatic N) is 1. The average Bonchev–Trinajstić information content (AvgIpc) is 2.79. The SMILES string of the molecule is OC(c1ccccc1)(c1ccccc1)C1CCN(C(=S)Nc2cc(F)cc(F)c2)CC1. The van der Waals surface area contributed by atoms with Crippen molar-refractivity contribution in [2.45, 2.75) is 18.4 Å². The smallest absolute Gasteiger partial charge is 0.173 e. The minimum absolute atomic E-state index is 0.00274. The van der Waals surface area contributed by atoms with Gasteiger partial charge in [-0.15, -0.1) is 0 Å². The molecule has 0 aromatic heterocycles. The summed E-state index contributed by atoms with van der Waals surface area (Å²) >= 11 is 5.47. The molecule has 0 saturated carbocycles. The Kier molecular flexibility index (Phi) is 6.30. The summed E-state index contributed by atoms with van der Waals surface area (Å²) in [6.45, 7) is 1.27. The molecule has 0 spiro atoms. The van der Waals surface area contributed by atoms with E-state index in [0.29, 0.717) is 18.2 Å². The monoisotopic (exact) mass is 438 g/mol. The molecule has 0 aliphatic carbocycles. The van der Waals surface area contributed by atoms with E-state index < -0.39 is 17.2 Å². The second-order valence-electron chi connectivity index (χ2n) is 7.85. The van der Waals surface area contributed by atoms with Crippen LogP contribution in [0.5, 0.6) is 0 Å². The van der Waals surface area contributed by atoms with Gasteiger partial charge in [0, 0.05) is 24.8 Å². The molecule has 1 heterocycles. The van der Waals surface area contributed by atoms with E-state index in [1.165, 1.54) is 12.1 Å². The first kappa shape index (κ1) is 21.4. The van der Waals surface area contributed by atoms with Gasteiger partial charge in [0.15, 0.2) is 5.11 Å². The number of anilines is 1. The van der Waals surface area contributed by atoms with Crippen LogP contribution >= 0.6 is 12.2 Å². The molecule has 1 aliphatic heterocycles. The van der Waals surface area contributed by atoms with Gasteiger partial charge < -0.3 is 15.3 Å². The van der Waals surface area contributed by atoms with Crippen LogP contribution in [0.1, 0.15) is 24.0 Å². The number of aliphatic hydroxyl groups is 1. The molecular formula is C25H24F2N2OS. The third-order valence-corrected chi connectivity index (χ3v) is 6.27. The molecule has 0 bridgehead atoms. The third kappa shape index (κ3) is 4.60. The molecular weight excluding hydrogens is 414 g/mol. The largest absolute Gasteiger partial charge is 0.380 e. The lowest BCUT2D eigenvalue weighted by molar-refractivity contribution is -0.00631. The highest BCUT2D eigenvalue weighted by molar-refractivity contribution is 7.80. The van der Waals surface area contributed by atoms with Crippen LogP contribution in [0.4, 0.5) is 14.5 Å². The van der Waals surface area contributed by atoms with Gasteiger partial charge in [0.25, 0.3) is 0 Å². The number of hydrogen-bond acceptors (Lipinski definition) is 2. The number of hydrogen-bond donors (Lipinski definition) is 2. The number of rotatable bonds is 4. The number of benzene rings is 3. The highest BCUT2D eigenvalue weighted by Crippen LogP contribution is 2.41. The van der Waals surface area contributed by atoms with Gasteiger partial charge in [0.1, 0.15) is 17.2 Å². The number of piperidine rings is 1. The quantitative estimate of drug-likeness (QED) is 0.541. The van der Waals surface area contributed by atoms with Crippen molar-refractivity contribution in [1.82, 2.24) is 4.90 Å². The lowest BCUT2D eigenvalue weighted by atomic mass is 9.72. The topological polar surface area (TPSA) is 35.5 Å². The fourth-order valence-electron chi connectivity index (χ4n) is 4.35. The molecule has 1 fully saturated rings. The second kappa shape index (κ2) is 9.12. The molecule has 1 saturated heterocycles. The summed E-state index contributed by atoms with van der Waals surface area (Å²) in [7, 11) is 0. The Morgan fingerprint density at radius 1 is 0.871 bits per heavy atom. The third-order valence-electron chi connectivity index (χ3n) is 5.91. The van der Waals surface area contributed by atoms with Crippen LogP contribution in [0.25, 0.3) is 0 Å². The second-order valence-corrected chi connectivity index (χ2v) is 8.23. The van der Waals surface area contributed by atoms with Gasteiger partial charge in [0.2, 0.25) is 0 Å². The molecule has 3 nitrogen and oxygen atoms in total. The summed E-state index contributed by atoms with van der Waals surface area (Å²) < 4.78 is 26.9. The first-order chi connectivity index (χ1) is 15.0. The number of likely N-dealkylation sites (tertiary alicyclic amines) is 1. The van der Waals surface area contributed by atoms with E-state index >= 15 is 0 Å². The van der Waals surface area contributed by atoms with E-state index in [2.05, 4.69) is 5.32 Å². The summed E-state index contributed by atoms with van der Waals surface area (Å²) in [5, 5.41) is 15.3. The highest BCUT2D eigenvalue weighted by atomic mass is 32.1. The highest BCUT2D eigenvalue weighted by Gasteiger charge is 2.41. The van der Waals surface area contributed by atoms with Crippen molar-refractivity contribution < 1.29 is 13.9 Å². The Morgan fingerprint density at radius 3 is 1.84 bits per heavy atom. The van der Waals surface area contributed by atoms with Crippen molar-refractivity contribution in [1.29, 1.82) is 0 Å². The van der Waals surface area contributed by atoms with E-state index in [1.54, 1.807) is 0 Å². The predicted molar refractivity (Wildman–Crippen MR) is 123 cm³/mol. The molecule has 4 rings (SSSR count). The first-order valence-corrected chi connectivity index (χ1v) is 10.7. The van der Waals surface area contributed by atoms with Crippen LogP contribution in [0.15, 0.2) is 78.9 Å². The van der Waals surface area contributed by atoms with Crippen molar-refractivity contribution in [3.63, 3.8) is 0 Å². The van der Waals surface area contributed by atoms with Gasteiger partial charge in [0.05, 0.1) is 0 Å². The van der Waals surface area contributed by atoms with E-state index in [1.807, 2.05) is 65.6 Å². The summed E-state index contributed by atoms with van der Waals surface area (Å²) in [5.74, 6) is -1.30. The van der Waals surface area contributed by atoms with Gasteiger partial charge in [-0.3, -0.25) is 0 Å². The Bertz CT molecular complexity index is 978. The summed E-state index contributed by atoms with van der Waals surface area (Å²) in [6.07, 6.45) is 1.44. The van der Waals surface area contributed by atoms with Gasteiger partial charge in [-0.1, -0.05) is 60.7 Å². The number of halogens is 2. The Labute approximate surface area is 186 Å². The maximum absolute atomic E-state index is 13.5. The summed E-state index contributed by atoms with van der Waals surface area (Å²) in [5.41, 5.74) is 0.927. The molecule has 3 aromatic rings. The number of thiocarbonyl (C=S) groups is 1. The minimum atomic E-state index is -1.10. The van der Waals surface area contributed by atoms with Crippen molar-refractivity contribution in [2.75, 3.05) is 18.4 Å². The maximum atomic E-state index is 13.5. The first-order valence-electron chi connectivity index (χ1n) is 10.3. The van der Waals surface area contributed by atoms with Crippen molar-refractivity contribution in [3.8, 4) is 0 Å². The van der Waals surface area contributed by atoms with Crippen LogP contribution in [-0.2, 0) is 5.60 Å². The maximum Gasteiger partial charge on any atom is 0.173 e. The number of nitrogens with one attached hydrogen (secondary N) is 1. The molecule has 31 heavy (non-hydrogen) atoms. The molecule has 2 N–H and O–H groups in total. The molecule has 3 aromatic carbocycles. The molecule has 160 valence electrons. The molecule has 0 unspecified atom stereocenters. The van der Waals surface area contributed by atoms with Crippen LogP contribution < -0.4 is 5.32 Å². The fraction of sp³-hybridized carbons (Fsp3) is 0.240. The van der Waals surface area contributed by atoms with E-state index in [0.717, 1.165) is 30.0 Å². The predicted octanol–water partition coefficient (Wildman–Crippen LogP) is 5.31. The zero-order chi connectivity index (χ0) is 21.8. The van der Waals surface area contributed by atoms with Crippen LogP contribution in [0.2, 0.25) is 0 Å². The Balaban J connectivity index is 1.50. The van der Waals surface area contributed by atoms with E-state index in [-0.39, 0.29) is 11.6 Å². The van der Waals surface area contributed by atoms with Crippen molar-refractivity contribution >= 4 is 23.0 Å². The molecule has 0 radical (unpaired) electrons. The van der Waals surface area contributed by atoms with Gasteiger partial charge in [-0.25, -0.2) is 8.78 Å². The molecule has 0 amide bonds. The van der Waals surface area contributed by atoms with Crippen molar-refractivity contribution in [3.05, 3.63) is 102 Å². The lowest BCUT2D eigenvalue weighted by Gasteiger charge is -2.43. The Morgan fingerprint density at radius 2 is 1.35 bits per heavy atom. The zero-order valence-electron chi connectivity index (χ0n) is 17.0. The van der Waals surface area contributed by atoms with E-state index in [4.69, 9.17) is 12.2 Å². The zero-order valence-corrected chi connectivity index (χ0v) is 17.8. The van der Waals surface area contributed by atoms with Gasteiger partial charge in [-0.05, 0) is 54.2 Å². The van der Waals surface area contributed by atoms with Crippen molar-refractivity contribution in [2.24, 2.45) is 5.92 Å². The van der Waals surface area contributed by atoms with Gasteiger partial charge >= 0.3 is 0 Å². The minimum Gasteiger partial charge on any atom is -0.380 e. The summed E-state index contributed by atoms with van der Waals surface area (Å²) in [4.78, 5) is 1.98. The normalized spacial score (nSPS) is 15.0. The molecule has 0 atom stereocenters. The van der Waals surface area contributed by atoms with E-state index in [9.17, 15) is 13.9 Å². The van der Waals surface area contributed by atoms with Crippen LogP contribution in [-0.4, -0.2) is 28.2 Å². The van der Waals surface area contributed by atoms with Crippen LogP contribution in [0, 0.1) is 17.6 Å². The standard InChI is InChI=1S/C25H24F2N2OS/c26-21-15-22(27)17-23(16-21)28-24(31)29-13-11-20(12-14-29)25(30,18-7-3-1-4-8-18)19-9-5-2-6-10-19/h1-10,15-17,20,30H,11-14H2,(H,28,31). The Hall–Kier alpha value is -2.83. The summed E-state index contributed by atoms with van der Waals surface area (Å²) in [6, 6.07) is 22.7. The van der Waals surface area contributed by atoms with Crippen LogP contribution in [0.3, 0.4) is 0 Å². The molecule has 6 heteroatoms. The average molecular weight is 439 g/mol. The van der Waals surface area contributed by atoms with Gasteiger partial charge in [-0.2, -0.15) is 0 Å². The lowest BCUT2D eigenvalue weighted by Crippen LogP contribution is -2.47.